The molecule has 0 saturated heterocycles. The van der Waals surface area contributed by atoms with Gasteiger partial charge >= 0.3 is 0 Å². The average Bonchev–Trinajstić information content (AvgIpc) is 1.49. The Labute approximate surface area is 933 Å². The molecular formula is C137H88O3. The van der Waals surface area contributed by atoms with Gasteiger partial charge in [-0.05, 0) is 269 Å². The van der Waals surface area contributed by atoms with Gasteiger partial charge in [-0.25, -0.2) is 0 Å². The molecule has 0 fully saturated rings. The quantitative estimate of drug-likeness (QED) is 0.101. The van der Waals surface area contributed by atoms with E-state index in [2.05, 4.69) is 0 Å². The van der Waals surface area contributed by atoms with Gasteiger partial charge in [-0.1, -0.05) is 455 Å². The molecule has 3 aromatic heterocycles. The summed E-state index contributed by atoms with van der Waals surface area (Å²) in [7, 11) is 0. The molecule has 1 aliphatic carbocycles. The van der Waals surface area contributed by atoms with Gasteiger partial charge in [0.2, 0.25) is 0 Å². The average molecular weight is 1870 g/mol. The maximum absolute atomic E-state index is 9.72. The van der Waals surface area contributed by atoms with Crippen molar-refractivity contribution in [3.8, 4) is 122 Å². The third-order valence-electron chi connectivity index (χ3n) is 23.1. The molecule has 3 heterocycles. The van der Waals surface area contributed by atoms with Crippen molar-refractivity contribution in [1.82, 2.24) is 0 Å². The molecule has 1 aliphatic rings. The molecule has 0 radical (unpaired) electrons. The first-order valence-electron chi connectivity index (χ1n) is 85.2. The largest absolute Gasteiger partial charge is 0.456 e. The second-order valence-corrected chi connectivity index (χ2v) is 30.5. The summed E-state index contributed by atoms with van der Waals surface area (Å²) < 4.78 is 807. The number of para-hydroxylation sites is 1. The molecule has 28 aromatic rings. The number of rotatable bonds is 10. The van der Waals surface area contributed by atoms with Crippen LogP contribution in [-0.4, -0.2) is 0 Å². The van der Waals surface area contributed by atoms with E-state index in [9.17, 15) is 38.4 Å². The zero-order valence-electron chi connectivity index (χ0n) is 158. The SMILES string of the molecule is [2H]c1c([2H])c([2H])c(-c2c([2H])c([2H])c(-c3c([2H])c([2H])c([2H])c4c3oc3c([2H])c([2H])c([2H])c(-c5c6c([2H])c([2H])c([2H])c([2H])c6c(-c6c([2H])c([2H])c([2H])c([2H])c6[2H])c6c([2H])c([2H])c([2H])c([2H])c56)c34)c([2H])c2[2H])c([2H])c1[2H].[2H]c1c([2H])c([2H])c(-c2c3c([2H])c([2H])c([2H])c([2H])c3c(-c3c([2H])c([2H])c([2H])c4oc5c([2H])c(-c6c([2H])c([2H])c7c(c6[2H])C(C([2H])([2H])[2H])(C([2H])([2H])[2H])c6c([2H])c([2H])c([2H])c([2H])c6-7)c([2H])c([2H])c5c34)c3c([2H])c([2H])c([2H])c([2H])c23)c([2H])c1[2H].[2H]c1c([2H])c([2H])c(-c2c3c([2H])c([2H])c([2H])c([2H])c3c(-c3c([2H])c([2H])c([2H])c4oc5c([2H])c(-c6c([2H])c7c([2H])c([2H])c([2H])c([2H])c7c7c([2H])c([2H])c([2H])c([2H])c67)c([2H])c([2H])c5c34)c3c([2H])c([2H])c([2H])c([2H])c23)c([2H])c1[2H]. The van der Waals surface area contributed by atoms with Crippen molar-refractivity contribution in [2.24, 2.45) is 0 Å². The molecule has 0 bridgehead atoms. The summed E-state index contributed by atoms with van der Waals surface area (Å²) >= 11 is 0. The number of hydrogen-bond donors (Lipinski definition) is 0. The normalized spacial score (nSPS) is 21.3. The van der Waals surface area contributed by atoms with Crippen molar-refractivity contribution >= 4 is 152 Å². The van der Waals surface area contributed by atoms with Gasteiger partial charge in [-0.2, -0.15) is 0 Å². The van der Waals surface area contributed by atoms with Gasteiger partial charge in [0.15, 0.2) is 0 Å². The lowest BCUT2D eigenvalue weighted by Gasteiger charge is -2.22. The maximum atomic E-state index is 9.72. The first-order chi connectivity index (χ1) is 106. The summed E-state index contributed by atoms with van der Waals surface area (Å²) in [4.78, 5) is 0. The van der Waals surface area contributed by atoms with Crippen LogP contribution in [0, 0.1) is 0 Å². The molecular weight excluding hydrogens is 1690 g/mol. The van der Waals surface area contributed by atoms with Crippen LogP contribution in [0.3, 0.4) is 0 Å². The van der Waals surface area contributed by atoms with E-state index in [1.54, 1.807) is 0 Å². The maximum Gasteiger partial charge on any atom is 0.143 e. The topological polar surface area (TPSA) is 39.4 Å². The lowest BCUT2D eigenvalue weighted by atomic mass is 9.81. The van der Waals surface area contributed by atoms with Crippen molar-refractivity contribution in [1.29, 1.82) is 0 Å². The van der Waals surface area contributed by atoms with Crippen LogP contribution in [0.1, 0.15) is 145 Å². The Hall–Kier alpha value is -18.0. The first-order valence-corrected chi connectivity index (χ1v) is 41.2. The molecule has 0 spiro atoms. The Morgan fingerprint density at radius 3 is 0.936 bits per heavy atom. The van der Waals surface area contributed by atoms with E-state index in [4.69, 9.17) is 95.5 Å². The summed E-state index contributed by atoms with van der Waals surface area (Å²) in [5.41, 5.74) is -27.3. The van der Waals surface area contributed by atoms with Crippen molar-refractivity contribution in [2.45, 2.75) is 19.1 Å². The fourth-order valence-corrected chi connectivity index (χ4v) is 17.4. The van der Waals surface area contributed by atoms with E-state index in [0.29, 0.717) is 0 Å². The summed E-state index contributed by atoms with van der Waals surface area (Å²) in [6.07, 6.45) is 0. The smallest absolute Gasteiger partial charge is 0.143 e. The lowest BCUT2D eigenvalue weighted by molar-refractivity contribution is 0.660. The van der Waals surface area contributed by atoms with E-state index >= 15 is 0 Å². The molecule has 3 heteroatoms. The van der Waals surface area contributed by atoms with Gasteiger partial charge in [0.05, 0.1) is 112 Å². The molecule has 0 atom stereocenters. The van der Waals surface area contributed by atoms with Crippen LogP contribution in [-0.2, 0) is 5.41 Å². The number of fused-ring (bicyclic) bond motifs is 21. The van der Waals surface area contributed by atoms with E-state index in [-0.39, 0.29) is 0 Å². The Bertz CT molecular complexity index is 15200. The third-order valence-corrected chi connectivity index (χ3v) is 23.1. The Kier molecular flexibility index (Phi) is 7.61. The van der Waals surface area contributed by atoms with Crippen LogP contribution in [0.5, 0.6) is 0 Å². The van der Waals surface area contributed by atoms with Gasteiger partial charge in [-0.15, -0.1) is 0 Å². The van der Waals surface area contributed by atoms with Crippen molar-refractivity contribution in [2.75, 3.05) is 0 Å². The van der Waals surface area contributed by atoms with E-state index in [1.165, 1.54) is 0 Å². The lowest BCUT2D eigenvalue weighted by Crippen LogP contribution is -2.14. The second-order valence-electron chi connectivity index (χ2n) is 30.5. The molecule has 29 rings (SSSR count). The van der Waals surface area contributed by atoms with Crippen LogP contribution in [0.2, 0.25) is 0 Å². The predicted molar refractivity (Wildman–Crippen MR) is 593 cm³/mol. The number of furan rings is 3. The van der Waals surface area contributed by atoms with Gasteiger partial charge in [0.1, 0.15) is 33.5 Å². The minimum Gasteiger partial charge on any atom is -0.456 e. The van der Waals surface area contributed by atoms with Crippen molar-refractivity contribution in [3.05, 3.63) is 507 Å². The van der Waals surface area contributed by atoms with Crippen LogP contribution >= 0.6 is 0 Å². The Morgan fingerprint density at radius 1 is 0.164 bits per heavy atom. The molecule has 0 unspecified atom stereocenters. The minimum absolute atomic E-state index is 0.492. The minimum atomic E-state index is -3.86. The summed E-state index contributed by atoms with van der Waals surface area (Å²) in [5, 5.41) is -14.8. The van der Waals surface area contributed by atoms with E-state index < -0.39 is 800 Å². The summed E-state index contributed by atoms with van der Waals surface area (Å²) in [6.45, 7) is -7.71. The van der Waals surface area contributed by atoms with Crippen LogP contribution in [0.4, 0.5) is 0 Å². The van der Waals surface area contributed by atoms with E-state index in [0.717, 1.165) is 0 Å². The highest BCUT2D eigenvalue weighted by atomic mass is 16.3. The van der Waals surface area contributed by atoms with Gasteiger partial charge in [0.25, 0.3) is 0 Å². The molecule has 0 saturated carbocycles. The Morgan fingerprint density at radius 2 is 0.471 bits per heavy atom. The molecule has 140 heavy (non-hydrogen) atoms. The fraction of sp³-hybridized carbons (Fsp3) is 0.0219. The highest BCUT2D eigenvalue weighted by molar-refractivity contribution is 6.30. The first kappa shape index (κ1) is 32.1. The zero-order chi connectivity index (χ0) is 169. The number of hydrogen-bond acceptors (Lipinski definition) is 3. The van der Waals surface area contributed by atoms with Gasteiger partial charge in [-0.3, -0.25) is 0 Å². The molecule has 0 aliphatic heterocycles. The predicted octanol–water partition coefficient (Wildman–Crippen LogP) is 39.0. The van der Waals surface area contributed by atoms with Crippen molar-refractivity contribution in [3.63, 3.8) is 0 Å². The number of benzene rings is 25. The molecule has 25 aromatic carbocycles. The summed E-state index contributed by atoms with van der Waals surface area (Å²) in [6, 6.07) is -79.5. The van der Waals surface area contributed by atoms with Crippen molar-refractivity contribution < 1.29 is 134 Å². The Balaban J connectivity index is 0.000000152. The fourth-order valence-electron chi connectivity index (χ4n) is 17.4. The van der Waals surface area contributed by atoms with Crippen LogP contribution in [0.25, 0.3) is 274 Å². The zero-order valence-corrected chi connectivity index (χ0v) is 69.7. The second kappa shape index (κ2) is 33.2. The van der Waals surface area contributed by atoms with Gasteiger partial charge in [0, 0.05) is 51.5 Å². The monoisotopic (exact) mass is 1870 g/mol. The molecule has 3 nitrogen and oxygen atoms in total. The van der Waals surface area contributed by atoms with Crippen LogP contribution < -0.4 is 0 Å². The van der Waals surface area contributed by atoms with Crippen LogP contribution in [0.15, 0.2) is 509 Å². The van der Waals surface area contributed by atoms with Gasteiger partial charge < -0.3 is 13.3 Å². The highest BCUT2D eigenvalue weighted by Gasteiger charge is 2.36. The molecule has 0 amide bonds. The third kappa shape index (κ3) is 13.3. The standard InChI is InChI=1S/C47H32O.C46H28O.C44H28O/c1-47(2)40-21-11-10-15-32(40)33-25-23-30(27-41(33)47)31-24-26-38-43(28-31)48-42-22-12-20-39(46(38)42)45-36-18-8-6-16-34(36)44(29-13-4-3-5-14-29)35-17-7-9-19-37(35)45;1-2-13-29(14-3-1)44-35-19-8-10-21-37(35)45(38-22-11-9-20-36(38)44)40-23-12-24-42-46(40)39-26-25-31(28-43(39)47-42)41-27-30-15-4-5-16-32(30)33-17-6-7-18-34(33)41;1-3-13-29(14-4-1)30-25-27-31(28-26-30)33-21-11-23-39-43-38(22-12-24-40(43)45-44(33)39)42-36-19-9-7-17-34(36)41(32-15-5-2-6-16-32)35-18-8-10-20-37(35)42/h3-28H,1-2H3;1-28H;1-28H/i1D3,2D3,3D,4D,5D,6D,7D,8D,9D,10D,11D,12D,13D,14D,15D,16D,17D,18D,19D,20D,21D,22D,23D,24D,25D,26D,27D,28D;2*1D,2D,3D,4D,5D,6D,7D,8D,9D,10D,11D,12D,13D,14D,15D,16D,17D,18D,19D,20D,21D,22D,23D,24D,25D,26D,27D,28D. The summed E-state index contributed by atoms with van der Waals surface area (Å²) in [5.74, 6) is 0. The molecule has 0 N–H and O–H groups in total. The highest BCUT2D eigenvalue weighted by Crippen LogP contribution is 2.55. The molecule has 654 valence electrons. The van der Waals surface area contributed by atoms with E-state index in [1.807, 2.05) is 0 Å².